The lowest BCUT2D eigenvalue weighted by Gasteiger charge is -2.24. The fourth-order valence-electron chi connectivity index (χ4n) is 1.62. The number of carboxylic acids is 1. The van der Waals surface area contributed by atoms with Gasteiger partial charge >= 0.3 is 5.97 Å². The molecule has 0 bridgehead atoms. The second kappa shape index (κ2) is 4.06. The SMILES string of the molecule is O=C(O)CCN1CCc2ncsc2C1. The molecule has 0 unspecified atom stereocenters. The second-order valence-electron chi connectivity index (χ2n) is 3.39. The number of hydrogen-bond acceptors (Lipinski definition) is 4. The Morgan fingerprint density at radius 3 is 3.36 bits per heavy atom. The third-order valence-electron chi connectivity index (χ3n) is 2.40. The zero-order chi connectivity index (χ0) is 9.97. The maximum Gasteiger partial charge on any atom is 0.304 e. The van der Waals surface area contributed by atoms with E-state index in [9.17, 15) is 4.79 Å². The van der Waals surface area contributed by atoms with Crippen LogP contribution in [-0.2, 0) is 17.8 Å². The van der Waals surface area contributed by atoms with Crippen LogP contribution in [0.1, 0.15) is 17.0 Å². The van der Waals surface area contributed by atoms with Crippen LogP contribution in [0.4, 0.5) is 0 Å². The minimum absolute atomic E-state index is 0.230. The average molecular weight is 212 g/mol. The highest BCUT2D eigenvalue weighted by Crippen LogP contribution is 2.21. The molecule has 1 aliphatic rings. The number of aliphatic carboxylic acids is 1. The number of aromatic nitrogens is 1. The van der Waals surface area contributed by atoms with Crippen molar-refractivity contribution in [2.24, 2.45) is 0 Å². The molecule has 0 saturated carbocycles. The van der Waals surface area contributed by atoms with Crippen LogP contribution in [0.3, 0.4) is 0 Å². The Morgan fingerprint density at radius 1 is 1.71 bits per heavy atom. The lowest BCUT2D eigenvalue weighted by Crippen LogP contribution is -2.31. The predicted molar refractivity (Wildman–Crippen MR) is 53.3 cm³/mol. The fourth-order valence-corrected chi connectivity index (χ4v) is 2.47. The first-order valence-corrected chi connectivity index (χ1v) is 5.49. The van der Waals surface area contributed by atoms with E-state index in [2.05, 4.69) is 9.88 Å². The molecule has 0 aliphatic carbocycles. The molecule has 1 aliphatic heterocycles. The fraction of sp³-hybridized carbons (Fsp3) is 0.556. The van der Waals surface area contributed by atoms with Crippen LogP contribution in [0.15, 0.2) is 5.51 Å². The second-order valence-corrected chi connectivity index (χ2v) is 4.33. The third kappa shape index (κ3) is 2.10. The van der Waals surface area contributed by atoms with Gasteiger partial charge in [-0.25, -0.2) is 4.98 Å². The highest BCUT2D eigenvalue weighted by atomic mass is 32.1. The summed E-state index contributed by atoms with van der Waals surface area (Å²) >= 11 is 1.66. The van der Waals surface area contributed by atoms with Crippen molar-refractivity contribution in [1.29, 1.82) is 0 Å². The summed E-state index contributed by atoms with van der Waals surface area (Å²) in [7, 11) is 0. The summed E-state index contributed by atoms with van der Waals surface area (Å²) in [6, 6.07) is 0. The molecule has 4 nitrogen and oxygen atoms in total. The number of carbonyl (C=O) groups is 1. The average Bonchev–Trinajstić information content (AvgIpc) is 2.61. The summed E-state index contributed by atoms with van der Waals surface area (Å²) in [6.07, 6.45) is 1.19. The number of fused-ring (bicyclic) bond motifs is 1. The van der Waals surface area contributed by atoms with E-state index in [-0.39, 0.29) is 6.42 Å². The predicted octanol–water partition coefficient (Wildman–Crippen LogP) is 0.976. The molecule has 2 heterocycles. The highest BCUT2D eigenvalue weighted by molar-refractivity contribution is 7.09. The van der Waals surface area contributed by atoms with Crippen LogP contribution < -0.4 is 0 Å². The normalized spacial score (nSPS) is 16.6. The monoisotopic (exact) mass is 212 g/mol. The van der Waals surface area contributed by atoms with Crippen molar-refractivity contribution in [3.63, 3.8) is 0 Å². The van der Waals surface area contributed by atoms with E-state index in [0.717, 1.165) is 19.5 Å². The van der Waals surface area contributed by atoms with Crippen molar-refractivity contribution in [2.45, 2.75) is 19.4 Å². The molecule has 5 heteroatoms. The van der Waals surface area contributed by atoms with E-state index in [1.807, 2.05) is 5.51 Å². The Bertz CT molecular complexity index is 337. The van der Waals surface area contributed by atoms with Gasteiger partial charge in [0, 0.05) is 30.9 Å². The van der Waals surface area contributed by atoms with E-state index < -0.39 is 5.97 Å². The van der Waals surface area contributed by atoms with Gasteiger partial charge in [0.25, 0.3) is 0 Å². The minimum atomic E-state index is -0.722. The van der Waals surface area contributed by atoms with Gasteiger partial charge in [0.2, 0.25) is 0 Å². The molecule has 14 heavy (non-hydrogen) atoms. The van der Waals surface area contributed by atoms with E-state index in [0.29, 0.717) is 6.54 Å². The van der Waals surface area contributed by atoms with Crippen LogP contribution in [0, 0.1) is 0 Å². The number of hydrogen-bond donors (Lipinski definition) is 1. The smallest absolute Gasteiger partial charge is 0.304 e. The van der Waals surface area contributed by atoms with Crippen LogP contribution in [0.5, 0.6) is 0 Å². The largest absolute Gasteiger partial charge is 0.481 e. The Balaban J connectivity index is 1.91. The number of carboxylic acid groups (broad SMARTS) is 1. The zero-order valence-electron chi connectivity index (χ0n) is 7.77. The topological polar surface area (TPSA) is 53.4 Å². The Hall–Kier alpha value is -0.940. The van der Waals surface area contributed by atoms with Crippen molar-refractivity contribution < 1.29 is 9.90 Å². The highest BCUT2D eigenvalue weighted by Gasteiger charge is 2.18. The molecule has 0 saturated heterocycles. The standard InChI is InChI=1S/C9H12N2O2S/c12-9(13)2-4-11-3-1-7-8(5-11)14-6-10-7/h6H,1-5H2,(H,12,13). The summed E-state index contributed by atoms with van der Waals surface area (Å²) in [5, 5.41) is 8.56. The Morgan fingerprint density at radius 2 is 2.57 bits per heavy atom. The molecule has 1 aromatic heterocycles. The lowest BCUT2D eigenvalue weighted by atomic mass is 10.2. The van der Waals surface area contributed by atoms with Crippen molar-refractivity contribution in [3.8, 4) is 0 Å². The molecule has 0 aromatic carbocycles. The third-order valence-corrected chi connectivity index (χ3v) is 3.26. The van der Waals surface area contributed by atoms with Gasteiger partial charge in [0.15, 0.2) is 0 Å². The maximum absolute atomic E-state index is 10.4. The van der Waals surface area contributed by atoms with E-state index in [1.54, 1.807) is 11.3 Å². The molecule has 1 aromatic rings. The number of rotatable bonds is 3. The van der Waals surface area contributed by atoms with E-state index >= 15 is 0 Å². The maximum atomic E-state index is 10.4. The number of thiazole rings is 1. The van der Waals surface area contributed by atoms with Crippen molar-refractivity contribution >= 4 is 17.3 Å². The van der Waals surface area contributed by atoms with Gasteiger partial charge in [0.1, 0.15) is 0 Å². The van der Waals surface area contributed by atoms with Crippen LogP contribution in [0.2, 0.25) is 0 Å². The molecular formula is C9H12N2O2S. The van der Waals surface area contributed by atoms with Gasteiger partial charge in [0.05, 0.1) is 17.6 Å². The van der Waals surface area contributed by atoms with Crippen LogP contribution >= 0.6 is 11.3 Å². The molecule has 0 atom stereocenters. The molecule has 0 spiro atoms. The summed E-state index contributed by atoms with van der Waals surface area (Å²) < 4.78 is 0. The first-order valence-electron chi connectivity index (χ1n) is 4.61. The van der Waals surface area contributed by atoms with Crippen molar-refractivity contribution in [1.82, 2.24) is 9.88 Å². The quantitative estimate of drug-likeness (QED) is 0.811. The first kappa shape index (κ1) is 9.61. The number of nitrogens with zero attached hydrogens (tertiary/aromatic N) is 2. The summed E-state index contributed by atoms with van der Waals surface area (Å²) in [6.45, 7) is 2.45. The molecular weight excluding hydrogens is 200 g/mol. The van der Waals surface area contributed by atoms with Gasteiger partial charge in [-0.2, -0.15) is 0 Å². The summed E-state index contributed by atoms with van der Waals surface area (Å²) in [5.41, 5.74) is 3.06. The van der Waals surface area contributed by atoms with Gasteiger partial charge in [-0.1, -0.05) is 0 Å². The molecule has 1 N–H and O–H groups in total. The van der Waals surface area contributed by atoms with Crippen LogP contribution in [0.25, 0.3) is 0 Å². The van der Waals surface area contributed by atoms with E-state index in [1.165, 1.54) is 10.6 Å². The van der Waals surface area contributed by atoms with Crippen molar-refractivity contribution in [3.05, 3.63) is 16.1 Å². The molecule has 0 fully saturated rings. The summed E-state index contributed by atoms with van der Waals surface area (Å²) in [4.78, 5) is 18.1. The molecule has 0 radical (unpaired) electrons. The first-order chi connectivity index (χ1) is 6.75. The lowest BCUT2D eigenvalue weighted by molar-refractivity contribution is -0.137. The Labute approximate surface area is 86.2 Å². The van der Waals surface area contributed by atoms with Crippen LogP contribution in [-0.4, -0.2) is 34.0 Å². The minimum Gasteiger partial charge on any atom is -0.481 e. The van der Waals surface area contributed by atoms with Gasteiger partial charge in [-0.3, -0.25) is 9.69 Å². The van der Waals surface area contributed by atoms with Gasteiger partial charge in [-0.15, -0.1) is 11.3 Å². The van der Waals surface area contributed by atoms with Gasteiger partial charge < -0.3 is 5.11 Å². The van der Waals surface area contributed by atoms with E-state index in [4.69, 9.17) is 5.11 Å². The Kier molecular flexibility index (Phi) is 2.79. The molecule has 2 rings (SSSR count). The zero-order valence-corrected chi connectivity index (χ0v) is 8.59. The summed E-state index contributed by atoms with van der Waals surface area (Å²) in [5.74, 6) is -0.722. The van der Waals surface area contributed by atoms with Gasteiger partial charge in [-0.05, 0) is 0 Å². The van der Waals surface area contributed by atoms with Crippen molar-refractivity contribution in [2.75, 3.05) is 13.1 Å². The molecule has 76 valence electrons. The molecule has 0 amide bonds.